The van der Waals surface area contributed by atoms with Crippen molar-refractivity contribution >= 4 is 21.6 Å². The van der Waals surface area contributed by atoms with Crippen molar-refractivity contribution in [3.63, 3.8) is 0 Å². The summed E-state index contributed by atoms with van der Waals surface area (Å²) in [5.74, 6) is -0.406. The van der Waals surface area contributed by atoms with Crippen molar-refractivity contribution in [3.8, 4) is 5.75 Å². The number of nitrogens with one attached hydrogen (secondary N) is 1. The third-order valence-corrected chi connectivity index (χ3v) is 7.21. The lowest BCUT2D eigenvalue weighted by molar-refractivity contribution is -0.0498. The number of aryl methyl sites for hydroxylation is 1. The minimum atomic E-state index is -3.65. The second-order valence-corrected chi connectivity index (χ2v) is 10.1. The van der Waals surface area contributed by atoms with Gasteiger partial charge in [-0.25, -0.2) is 13.8 Å². The van der Waals surface area contributed by atoms with Gasteiger partial charge in [-0.05, 0) is 73.0 Å². The standard InChI is InChI=1S/C26H27F2N3O4S/c1-4-24(20-11-13-22(14-12-20)35-26(27)28)29-30-25(32)21-9-7-19(8-10-21)17-31(3)36(33,34)23-15-5-18(2)6-16-23/h5-16,26H,4,17H2,1-3H3,(H,30,32). The van der Waals surface area contributed by atoms with Gasteiger partial charge >= 0.3 is 6.61 Å². The molecule has 0 saturated carbocycles. The van der Waals surface area contributed by atoms with Crippen LogP contribution in [0.15, 0.2) is 82.8 Å². The molecule has 0 aliphatic rings. The smallest absolute Gasteiger partial charge is 0.387 e. The van der Waals surface area contributed by atoms with E-state index in [9.17, 15) is 22.0 Å². The summed E-state index contributed by atoms with van der Waals surface area (Å²) in [6.07, 6.45) is 0.496. The Kier molecular flexibility index (Phi) is 8.89. The van der Waals surface area contributed by atoms with Crippen molar-refractivity contribution in [2.45, 2.75) is 38.3 Å². The molecule has 190 valence electrons. The first-order chi connectivity index (χ1) is 17.1. The molecule has 1 amide bonds. The van der Waals surface area contributed by atoms with Crippen molar-refractivity contribution in [2.24, 2.45) is 5.10 Å². The van der Waals surface area contributed by atoms with Gasteiger partial charge in [-0.15, -0.1) is 0 Å². The van der Waals surface area contributed by atoms with Crippen molar-refractivity contribution in [1.82, 2.24) is 9.73 Å². The molecule has 0 aromatic heterocycles. The summed E-state index contributed by atoms with van der Waals surface area (Å²) in [7, 11) is -2.14. The van der Waals surface area contributed by atoms with Crippen LogP contribution in [0.25, 0.3) is 0 Å². The van der Waals surface area contributed by atoms with E-state index >= 15 is 0 Å². The van der Waals surface area contributed by atoms with E-state index in [0.717, 1.165) is 5.56 Å². The van der Waals surface area contributed by atoms with Crippen LogP contribution in [0, 0.1) is 6.92 Å². The maximum absolute atomic E-state index is 12.8. The number of benzene rings is 3. The highest BCUT2D eigenvalue weighted by atomic mass is 32.2. The van der Waals surface area contributed by atoms with Gasteiger partial charge in [-0.3, -0.25) is 4.79 Å². The molecule has 10 heteroatoms. The molecule has 0 radical (unpaired) electrons. The summed E-state index contributed by atoms with van der Waals surface area (Å²) in [6.45, 7) is 0.975. The van der Waals surface area contributed by atoms with E-state index < -0.39 is 22.5 Å². The van der Waals surface area contributed by atoms with E-state index in [1.54, 1.807) is 60.7 Å². The molecule has 3 rings (SSSR count). The zero-order valence-electron chi connectivity index (χ0n) is 20.1. The molecule has 1 N–H and O–H groups in total. The number of nitrogens with zero attached hydrogens (tertiary/aromatic N) is 2. The van der Waals surface area contributed by atoms with Crippen LogP contribution in [0.2, 0.25) is 0 Å². The number of halogens is 2. The second-order valence-electron chi connectivity index (χ2n) is 8.03. The van der Waals surface area contributed by atoms with Crippen LogP contribution >= 0.6 is 0 Å². The number of hydrogen-bond acceptors (Lipinski definition) is 5. The molecular formula is C26H27F2N3O4S. The van der Waals surface area contributed by atoms with Gasteiger partial charge in [0.25, 0.3) is 5.91 Å². The van der Waals surface area contributed by atoms with Crippen LogP contribution < -0.4 is 10.2 Å². The number of amides is 1. The van der Waals surface area contributed by atoms with Crippen molar-refractivity contribution in [1.29, 1.82) is 0 Å². The van der Waals surface area contributed by atoms with Crippen molar-refractivity contribution < 1.29 is 26.7 Å². The monoisotopic (exact) mass is 515 g/mol. The predicted molar refractivity (Wildman–Crippen MR) is 134 cm³/mol. The topological polar surface area (TPSA) is 88.1 Å². The summed E-state index contributed by atoms with van der Waals surface area (Å²) in [6, 6.07) is 19.2. The predicted octanol–water partition coefficient (Wildman–Crippen LogP) is 4.96. The maximum atomic E-state index is 12.8. The van der Waals surface area contributed by atoms with Crippen molar-refractivity contribution in [3.05, 3.63) is 95.1 Å². The highest BCUT2D eigenvalue weighted by Gasteiger charge is 2.20. The highest BCUT2D eigenvalue weighted by Crippen LogP contribution is 2.18. The summed E-state index contributed by atoms with van der Waals surface area (Å²) in [5, 5.41) is 4.16. The number of hydrogen-bond donors (Lipinski definition) is 1. The molecule has 0 atom stereocenters. The largest absolute Gasteiger partial charge is 0.435 e. The van der Waals surface area contributed by atoms with Gasteiger partial charge in [0.15, 0.2) is 0 Å². The molecule has 0 saturated heterocycles. The molecule has 0 bridgehead atoms. The second kappa shape index (κ2) is 11.9. The number of sulfonamides is 1. The van der Waals surface area contributed by atoms with Gasteiger partial charge in [0.05, 0.1) is 10.6 Å². The van der Waals surface area contributed by atoms with E-state index in [1.165, 1.54) is 23.5 Å². The molecule has 0 heterocycles. The average Bonchev–Trinajstić information content (AvgIpc) is 2.85. The summed E-state index contributed by atoms with van der Waals surface area (Å²) < 4.78 is 55.8. The molecule has 3 aromatic rings. The Balaban J connectivity index is 1.63. The minimum Gasteiger partial charge on any atom is -0.435 e. The quantitative estimate of drug-likeness (QED) is 0.305. The van der Waals surface area contributed by atoms with Gasteiger partial charge in [0, 0.05) is 19.2 Å². The van der Waals surface area contributed by atoms with Crippen LogP contribution in [-0.4, -0.2) is 38.0 Å². The maximum Gasteiger partial charge on any atom is 0.387 e. The fourth-order valence-electron chi connectivity index (χ4n) is 3.35. The van der Waals surface area contributed by atoms with Gasteiger partial charge < -0.3 is 4.74 Å². The third-order valence-electron chi connectivity index (χ3n) is 5.39. The van der Waals surface area contributed by atoms with Gasteiger partial charge in [0.2, 0.25) is 10.0 Å². The SMILES string of the molecule is CCC(=NNC(=O)c1ccc(CN(C)S(=O)(=O)c2ccc(C)cc2)cc1)c1ccc(OC(F)F)cc1. The number of carbonyl (C=O) groups excluding carboxylic acids is 1. The summed E-state index contributed by atoms with van der Waals surface area (Å²) in [4.78, 5) is 12.8. The fourth-order valence-corrected chi connectivity index (χ4v) is 4.51. The molecule has 3 aromatic carbocycles. The molecular weight excluding hydrogens is 488 g/mol. The lowest BCUT2D eigenvalue weighted by Gasteiger charge is -2.17. The number of alkyl halides is 2. The first-order valence-electron chi connectivity index (χ1n) is 11.1. The van der Waals surface area contributed by atoms with E-state index in [-0.39, 0.29) is 17.2 Å². The Hall–Kier alpha value is -3.63. The molecule has 7 nitrogen and oxygen atoms in total. The van der Waals surface area contributed by atoms with Crippen LogP contribution in [0.4, 0.5) is 8.78 Å². The number of hydrazone groups is 1. The van der Waals surface area contributed by atoms with Crippen LogP contribution in [0.3, 0.4) is 0 Å². The lowest BCUT2D eigenvalue weighted by atomic mass is 10.1. The Labute approximate surface area is 209 Å². The van der Waals surface area contributed by atoms with E-state index in [2.05, 4.69) is 15.3 Å². The van der Waals surface area contributed by atoms with Gasteiger partial charge in [0.1, 0.15) is 5.75 Å². The van der Waals surface area contributed by atoms with Crippen LogP contribution in [-0.2, 0) is 16.6 Å². The van der Waals surface area contributed by atoms with Crippen LogP contribution in [0.5, 0.6) is 5.75 Å². The van der Waals surface area contributed by atoms with Gasteiger partial charge in [-0.1, -0.05) is 36.8 Å². The fraction of sp³-hybridized carbons (Fsp3) is 0.231. The normalized spacial score (nSPS) is 12.1. The van der Waals surface area contributed by atoms with Crippen molar-refractivity contribution in [2.75, 3.05) is 7.05 Å². The van der Waals surface area contributed by atoms with Gasteiger partial charge in [-0.2, -0.15) is 18.2 Å². The first-order valence-corrected chi connectivity index (χ1v) is 12.6. The molecule has 0 aliphatic carbocycles. The Morgan fingerprint density at radius 1 is 0.972 bits per heavy atom. The number of carbonyl (C=O) groups is 1. The first kappa shape index (κ1) is 27.0. The van der Waals surface area contributed by atoms with Crippen LogP contribution in [0.1, 0.15) is 40.4 Å². The van der Waals surface area contributed by atoms with E-state index in [1.807, 2.05) is 13.8 Å². The third kappa shape index (κ3) is 6.96. The Morgan fingerprint density at radius 3 is 2.11 bits per heavy atom. The number of rotatable bonds is 10. The zero-order valence-corrected chi connectivity index (χ0v) is 20.9. The Morgan fingerprint density at radius 2 is 1.56 bits per heavy atom. The average molecular weight is 516 g/mol. The number of ether oxygens (including phenoxy) is 1. The molecule has 0 spiro atoms. The minimum absolute atomic E-state index is 0.0330. The zero-order chi connectivity index (χ0) is 26.3. The lowest BCUT2D eigenvalue weighted by Crippen LogP contribution is -2.26. The summed E-state index contributed by atoms with van der Waals surface area (Å²) in [5.41, 5.74) is 5.76. The Bertz CT molecular complexity index is 1310. The molecule has 0 fully saturated rings. The van der Waals surface area contributed by atoms with E-state index in [4.69, 9.17) is 0 Å². The molecule has 0 unspecified atom stereocenters. The summed E-state index contributed by atoms with van der Waals surface area (Å²) >= 11 is 0. The molecule has 36 heavy (non-hydrogen) atoms. The van der Waals surface area contributed by atoms with E-state index in [0.29, 0.717) is 28.8 Å². The highest BCUT2D eigenvalue weighted by molar-refractivity contribution is 7.89. The molecule has 0 aliphatic heterocycles.